The molecule has 0 unspecified atom stereocenters. The van der Waals surface area contributed by atoms with Crippen molar-refractivity contribution in [2.24, 2.45) is 0 Å². The molecule has 0 radical (unpaired) electrons. The van der Waals surface area contributed by atoms with Crippen molar-refractivity contribution in [3.63, 3.8) is 0 Å². The predicted octanol–water partition coefficient (Wildman–Crippen LogP) is 8.15. The van der Waals surface area contributed by atoms with Gasteiger partial charge in [0.05, 0.1) is 12.2 Å². The van der Waals surface area contributed by atoms with Crippen molar-refractivity contribution < 1.29 is 39.9 Å². The summed E-state index contributed by atoms with van der Waals surface area (Å²) in [7, 11) is 1.40. The molecule has 0 aliphatic carbocycles. The van der Waals surface area contributed by atoms with Crippen LogP contribution in [0.1, 0.15) is 22.3 Å². The standard InChI is InChI=1S/C27H18F8O/c1-36-13-15-10-20(28)24(21(29)11-15)18-6-7-19-17(12-18)5-4-16(26(19)32)3-2-14-8-22(30)25(23(31)9-14)27(33,34)35/h4-12H,2-3,13H2,1H3. The monoisotopic (exact) mass is 510 g/mol. The van der Waals surface area contributed by atoms with Crippen LogP contribution in [0.3, 0.4) is 0 Å². The van der Waals surface area contributed by atoms with Crippen LogP contribution in [0.4, 0.5) is 35.1 Å². The fourth-order valence-electron chi connectivity index (χ4n) is 4.16. The Hall–Kier alpha value is -3.46. The molecule has 0 aliphatic rings. The number of fused-ring (bicyclic) bond motifs is 1. The summed E-state index contributed by atoms with van der Waals surface area (Å²) in [6.07, 6.45) is -5.33. The lowest BCUT2D eigenvalue weighted by atomic mass is 9.96. The summed E-state index contributed by atoms with van der Waals surface area (Å²) in [6, 6.07) is 10.6. The molecule has 0 heterocycles. The van der Waals surface area contributed by atoms with E-state index in [1.54, 1.807) is 0 Å². The lowest BCUT2D eigenvalue weighted by molar-refractivity contribution is -0.142. The number of benzene rings is 4. The van der Waals surface area contributed by atoms with E-state index in [1.807, 2.05) is 0 Å². The second-order valence-electron chi connectivity index (χ2n) is 8.27. The largest absolute Gasteiger partial charge is 0.422 e. The van der Waals surface area contributed by atoms with Crippen molar-refractivity contribution >= 4 is 10.8 Å². The Kier molecular flexibility index (Phi) is 7.04. The van der Waals surface area contributed by atoms with Crippen molar-refractivity contribution in [3.05, 3.63) is 106 Å². The minimum absolute atomic E-state index is 0.0333. The average Bonchev–Trinajstić information content (AvgIpc) is 2.77. The Balaban J connectivity index is 1.61. The molecule has 4 rings (SSSR count). The highest BCUT2D eigenvalue weighted by Gasteiger charge is 2.37. The number of ether oxygens (including phenoxy) is 1. The van der Waals surface area contributed by atoms with Gasteiger partial charge in [-0.2, -0.15) is 13.2 Å². The van der Waals surface area contributed by atoms with E-state index < -0.39 is 40.8 Å². The van der Waals surface area contributed by atoms with E-state index in [-0.39, 0.29) is 47.1 Å². The molecule has 4 aromatic rings. The average molecular weight is 510 g/mol. The molecule has 4 aromatic carbocycles. The molecule has 0 saturated carbocycles. The first kappa shape index (κ1) is 25.6. The van der Waals surface area contributed by atoms with Gasteiger partial charge in [-0.1, -0.05) is 24.3 Å². The summed E-state index contributed by atoms with van der Waals surface area (Å²) in [5.41, 5.74) is -1.62. The van der Waals surface area contributed by atoms with E-state index in [1.165, 1.54) is 37.4 Å². The van der Waals surface area contributed by atoms with Gasteiger partial charge in [-0.25, -0.2) is 22.0 Å². The first-order valence-electron chi connectivity index (χ1n) is 10.7. The van der Waals surface area contributed by atoms with Gasteiger partial charge in [0.15, 0.2) is 0 Å². The molecule has 0 aromatic heterocycles. The summed E-state index contributed by atoms with van der Waals surface area (Å²) < 4.78 is 115. The van der Waals surface area contributed by atoms with Crippen LogP contribution >= 0.6 is 0 Å². The van der Waals surface area contributed by atoms with Crippen LogP contribution in [0, 0.1) is 29.1 Å². The Morgan fingerprint density at radius 3 is 1.89 bits per heavy atom. The zero-order chi connectivity index (χ0) is 26.2. The topological polar surface area (TPSA) is 9.23 Å². The quantitative estimate of drug-likeness (QED) is 0.238. The first-order chi connectivity index (χ1) is 17.0. The van der Waals surface area contributed by atoms with Crippen molar-refractivity contribution in [3.8, 4) is 11.1 Å². The highest BCUT2D eigenvalue weighted by molar-refractivity contribution is 5.88. The Bertz CT molecular complexity index is 1400. The van der Waals surface area contributed by atoms with Crippen LogP contribution in [-0.4, -0.2) is 7.11 Å². The number of methoxy groups -OCH3 is 1. The maximum Gasteiger partial charge on any atom is 0.422 e. The first-order valence-corrected chi connectivity index (χ1v) is 10.7. The Labute approximate surface area is 200 Å². The molecule has 9 heteroatoms. The van der Waals surface area contributed by atoms with Gasteiger partial charge in [-0.15, -0.1) is 0 Å². The summed E-state index contributed by atoms with van der Waals surface area (Å²) in [4.78, 5) is 0. The molecule has 0 fully saturated rings. The Morgan fingerprint density at radius 2 is 1.31 bits per heavy atom. The SMILES string of the molecule is COCc1cc(F)c(-c2ccc3c(F)c(CCc4cc(F)c(C(F)(F)F)c(F)c4)ccc3c2)c(F)c1. The van der Waals surface area contributed by atoms with E-state index in [9.17, 15) is 30.7 Å². The van der Waals surface area contributed by atoms with E-state index >= 15 is 4.39 Å². The number of alkyl halides is 3. The minimum atomic E-state index is -5.17. The van der Waals surface area contributed by atoms with Crippen molar-refractivity contribution in [2.45, 2.75) is 25.6 Å². The van der Waals surface area contributed by atoms with Gasteiger partial charge in [0.25, 0.3) is 0 Å². The molecular formula is C27H18F8O. The van der Waals surface area contributed by atoms with Crippen LogP contribution < -0.4 is 0 Å². The molecular weight excluding hydrogens is 492 g/mol. The number of hydrogen-bond donors (Lipinski definition) is 0. The third-order valence-electron chi connectivity index (χ3n) is 5.80. The van der Waals surface area contributed by atoms with Crippen LogP contribution in [-0.2, 0) is 30.4 Å². The molecule has 0 N–H and O–H groups in total. The van der Waals surface area contributed by atoms with Gasteiger partial charge in [-0.3, -0.25) is 0 Å². The third kappa shape index (κ3) is 5.06. The van der Waals surface area contributed by atoms with Crippen molar-refractivity contribution in [1.29, 1.82) is 0 Å². The highest BCUT2D eigenvalue weighted by atomic mass is 19.4. The minimum Gasteiger partial charge on any atom is -0.380 e. The molecule has 0 spiro atoms. The zero-order valence-electron chi connectivity index (χ0n) is 18.7. The fourth-order valence-corrected chi connectivity index (χ4v) is 4.16. The second kappa shape index (κ2) is 9.89. The molecule has 0 bridgehead atoms. The highest BCUT2D eigenvalue weighted by Crippen LogP contribution is 2.35. The number of aryl methyl sites for hydroxylation is 2. The molecule has 0 amide bonds. The van der Waals surface area contributed by atoms with E-state index in [2.05, 4.69) is 0 Å². The van der Waals surface area contributed by atoms with E-state index in [0.717, 1.165) is 12.1 Å². The lowest BCUT2D eigenvalue weighted by Crippen LogP contribution is -2.12. The Morgan fingerprint density at radius 1 is 0.694 bits per heavy atom. The third-order valence-corrected chi connectivity index (χ3v) is 5.80. The molecule has 0 saturated heterocycles. The van der Waals surface area contributed by atoms with E-state index in [0.29, 0.717) is 23.1 Å². The van der Waals surface area contributed by atoms with Gasteiger partial charge in [0.1, 0.15) is 34.6 Å². The number of rotatable bonds is 6. The van der Waals surface area contributed by atoms with Crippen LogP contribution in [0.25, 0.3) is 21.9 Å². The lowest BCUT2D eigenvalue weighted by Gasteiger charge is -2.12. The molecule has 1 nitrogen and oxygen atoms in total. The van der Waals surface area contributed by atoms with Crippen LogP contribution in [0.15, 0.2) is 54.6 Å². The van der Waals surface area contributed by atoms with Crippen molar-refractivity contribution in [1.82, 2.24) is 0 Å². The summed E-state index contributed by atoms with van der Waals surface area (Å²) >= 11 is 0. The maximum absolute atomic E-state index is 15.1. The van der Waals surface area contributed by atoms with Gasteiger partial charge in [0.2, 0.25) is 0 Å². The number of hydrogen-bond acceptors (Lipinski definition) is 1. The molecule has 0 aliphatic heterocycles. The number of halogens is 8. The predicted molar refractivity (Wildman–Crippen MR) is 119 cm³/mol. The van der Waals surface area contributed by atoms with Crippen LogP contribution in [0.2, 0.25) is 0 Å². The second-order valence-corrected chi connectivity index (χ2v) is 8.27. The molecule has 0 atom stereocenters. The van der Waals surface area contributed by atoms with Gasteiger partial charge in [-0.05, 0) is 70.8 Å². The zero-order valence-corrected chi connectivity index (χ0v) is 18.7. The van der Waals surface area contributed by atoms with Crippen LogP contribution in [0.5, 0.6) is 0 Å². The maximum atomic E-state index is 15.1. The molecule has 36 heavy (non-hydrogen) atoms. The van der Waals surface area contributed by atoms with Gasteiger partial charge in [0, 0.05) is 12.5 Å². The molecule has 188 valence electrons. The summed E-state index contributed by atoms with van der Waals surface area (Å²) in [5.74, 6) is -5.72. The van der Waals surface area contributed by atoms with Crippen molar-refractivity contribution in [2.75, 3.05) is 7.11 Å². The fraction of sp³-hybridized carbons (Fsp3) is 0.185. The van der Waals surface area contributed by atoms with E-state index in [4.69, 9.17) is 4.74 Å². The summed E-state index contributed by atoms with van der Waals surface area (Å²) in [5, 5.41) is 0.512. The smallest absolute Gasteiger partial charge is 0.380 e. The normalized spacial score (nSPS) is 11.9. The summed E-state index contributed by atoms with van der Waals surface area (Å²) in [6.45, 7) is 0.0333. The van der Waals surface area contributed by atoms with Gasteiger partial charge < -0.3 is 4.74 Å². The van der Waals surface area contributed by atoms with Gasteiger partial charge >= 0.3 is 6.18 Å².